The molecule has 0 radical (unpaired) electrons. The molecule has 0 atom stereocenters. The van der Waals surface area contributed by atoms with Gasteiger partial charge in [0.2, 0.25) is 0 Å². The molecule has 6 heteroatoms. The number of nitrogens with one attached hydrogen (secondary N) is 1. The minimum absolute atomic E-state index is 0.250. The van der Waals surface area contributed by atoms with Gasteiger partial charge in [-0.1, -0.05) is 18.5 Å². The van der Waals surface area contributed by atoms with Crippen LogP contribution in [0.4, 0.5) is 0 Å². The molecule has 0 spiro atoms. The lowest BCUT2D eigenvalue weighted by molar-refractivity contribution is -0.146. The summed E-state index contributed by atoms with van der Waals surface area (Å²) in [6.45, 7) is 5.05. The van der Waals surface area contributed by atoms with E-state index < -0.39 is 17.4 Å². The molecule has 5 nitrogen and oxygen atoms in total. The SMILES string of the molecule is CCc1cc(C(=O)NC(C)(C)C(=O)OC)cc(Cl)n1. The van der Waals surface area contributed by atoms with Crippen LogP contribution in [0.25, 0.3) is 0 Å². The average molecular weight is 285 g/mol. The number of carbonyl (C=O) groups is 2. The van der Waals surface area contributed by atoms with E-state index in [2.05, 4.69) is 15.0 Å². The highest BCUT2D eigenvalue weighted by Gasteiger charge is 2.30. The molecule has 1 heterocycles. The molecular formula is C13H17ClN2O3. The quantitative estimate of drug-likeness (QED) is 0.678. The zero-order valence-corrected chi connectivity index (χ0v) is 12.2. The Labute approximate surface area is 117 Å². The lowest BCUT2D eigenvalue weighted by Gasteiger charge is -2.23. The van der Waals surface area contributed by atoms with Crippen molar-refractivity contribution in [2.75, 3.05) is 7.11 Å². The summed E-state index contributed by atoms with van der Waals surface area (Å²) in [5.41, 5.74) is -0.0177. The molecule has 104 valence electrons. The Kier molecular flexibility index (Phi) is 4.89. The maximum atomic E-state index is 12.1. The summed E-state index contributed by atoms with van der Waals surface area (Å²) in [7, 11) is 1.27. The summed E-state index contributed by atoms with van der Waals surface area (Å²) in [5, 5.41) is 2.85. The molecule has 1 aromatic heterocycles. The Hall–Kier alpha value is -1.62. The van der Waals surface area contributed by atoms with Gasteiger partial charge in [-0.05, 0) is 32.4 Å². The molecule has 0 aliphatic carbocycles. The van der Waals surface area contributed by atoms with Gasteiger partial charge < -0.3 is 10.1 Å². The number of aryl methyl sites for hydroxylation is 1. The molecule has 1 N–H and O–H groups in total. The van der Waals surface area contributed by atoms with Crippen LogP contribution in [0.15, 0.2) is 12.1 Å². The van der Waals surface area contributed by atoms with E-state index in [9.17, 15) is 9.59 Å². The monoisotopic (exact) mass is 284 g/mol. The minimum atomic E-state index is -1.10. The second-order valence-corrected chi connectivity index (χ2v) is 4.98. The first-order valence-electron chi connectivity index (χ1n) is 5.87. The van der Waals surface area contributed by atoms with Crippen molar-refractivity contribution < 1.29 is 14.3 Å². The Morgan fingerprint density at radius 3 is 2.58 bits per heavy atom. The van der Waals surface area contributed by atoms with Crippen molar-refractivity contribution in [3.8, 4) is 0 Å². The van der Waals surface area contributed by atoms with E-state index in [1.165, 1.54) is 13.2 Å². The largest absolute Gasteiger partial charge is 0.467 e. The van der Waals surface area contributed by atoms with Gasteiger partial charge in [0.15, 0.2) is 0 Å². The fourth-order valence-corrected chi connectivity index (χ4v) is 1.75. The van der Waals surface area contributed by atoms with Crippen molar-refractivity contribution >= 4 is 23.5 Å². The molecule has 0 fully saturated rings. The van der Waals surface area contributed by atoms with Crippen LogP contribution in [0.1, 0.15) is 36.8 Å². The molecule has 0 aromatic carbocycles. The van der Waals surface area contributed by atoms with Gasteiger partial charge in [0.1, 0.15) is 10.7 Å². The lowest BCUT2D eigenvalue weighted by atomic mass is 10.0. The van der Waals surface area contributed by atoms with Gasteiger partial charge in [0.25, 0.3) is 5.91 Å². The molecule has 0 aliphatic heterocycles. The normalized spacial score (nSPS) is 11.0. The highest BCUT2D eigenvalue weighted by Crippen LogP contribution is 2.13. The number of hydrogen-bond acceptors (Lipinski definition) is 4. The second kappa shape index (κ2) is 6.02. The molecule has 1 aromatic rings. The summed E-state index contributed by atoms with van der Waals surface area (Å²) < 4.78 is 4.63. The van der Waals surface area contributed by atoms with E-state index in [0.29, 0.717) is 17.7 Å². The molecule has 0 saturated heterocycles. The third kappa shape index (κ3) is 3.92. The lowest BCUT2D eigenvalue weighted by Crippen LogP contribution is -2.50. The van der Waals surface area contributed by atoms with Gasteiger partial charge >= 0.3 is 5.97 Å². The van der Waals surface area contributed by atoms with Crippen LogP contribution in [0, 0.1) is 0 Å². The summed E-state index contributed by atoms with van der Waals surface area (Å²) in [5.74, 6) is -0.911. The van der Waals surface area contributed by atoms with Crippen molar-refractivity contribution in [2.24, 2.45) is 0 Å². The number of carbonyl (C=O) groups excluding carboxylic acids is 2. The van der Waals surface area contributed by atoms with E-state index in [-0.39, 0.29) is 5.15 Å². The maximum Gasteiger partial charge on any atom is 0.330 e. The van der Waals surface area contributed by atoms with Gasteiger partial charge in [-0.2, -0.15) is 0 Å². The Morgan fingerprint density at radius 2 is 2.05 bits per heavy atom. The highest BCUT2D eigenvalue weighted by atomic mass is 35.5. The van der Waals surface area contributed by atoms with E-state index >= 15 is 0 Å². The zero-order valence-electron chi connectivity index (χ0n) is 11.4. The number of hydrogen-bond donors (Lipinski definition) is 1. The first kappa shape index (κ1) is 15.4. The zero-order chi connectivity index (χ0) is 14.6. The fraction of sp³-hybridized carbons (Fsp3) is 0.462. The molecule has 0 aliphatic rings. The smallest absolute Gasteiger partial charge is 0.330 e. The van der Waals surface area contributed by atoms with Crippen LogP contribution < -0.4 is 5.32 Å². The number of esters is 1. The van der Waals surface area contributed by atoms with Gasteiger partial charge in [-0.25, -0.2) is 9.78 Å². The van der Waals surface area contributed by atoms with Crippen molar-refractivity contribution in [1.29, 1.82) is 0 Å². The van der Waals surface area contributed by atoms with Crippen LogP contribution in [-0.4, -0.2) is 29.5 Å². The standard InChI is InChI=1S/C13H17ClN2O3/c1-5-9-6-8(7-10(14)15-9)11(17)16-13(2,3)12(18)19-4/h6-7H,5H2,1-4H3,(H,16,17). The van der Waals surface area contributed by atoms with E-state index in [0.717, 1.165) is 0 Å². The van der Waals surface area contributed by atoms with Gasteiger partial charge in [0, 0.05) is 11.3 Å². The number of aromatic nitrogens is 1. The molecule has 0 bridgehead atoms. The number of nitrogens with zero attached hydrogens (tertiary/aromatic N) is 1. The predicted octanol–water partition coefficient (Wildman–Crippen LogP) is 1.98. The van der Waals surface area contributed by atoms with Crippen molar-refractivity contribution in [1.82, 2.24) is 10.3 Å². The maximum absolute atomic E-state index is 12.1. The Balaban J connectivity index is 2.95. The topological polar surface area (TPSA) is 68.3 Å². The molecule has 1 amide bonds. The van der Waals surface area contributed by atoms with Crippen LogP contribution in [0.2, 0.25) is 5.15 Å². The molecule has 0 saturated carbocycles. The second-order valence-electron chi connectivity index (χ2n) is 4.59. The Morgan fingerprint density at radius 1 is 1.42 bits per heavy atom. The summed E-state index contributed by atoms with van der Waals surface area (Å²) >= 11 is 5.85. The minimum Gasteiger partial charge on any atom is -0.467 e. The number of ether oxygens (including phenoxy) is 1. The molecular weight excluding hydrogens is 268 g/mol. The van der Waals surface area contributed by atoms with Crippen LogP contribution in [0.5, 0.6) is 0 Å². The third-order valence-electron chi connectivity index (χ3n) is 2.59. The number of methoxy groups -OCH3 is 1. The van der Waals surface area contributed by atoms with Crippen LogP contribution in [-0.2, 0) is 16.0 Å². The fourth-order valence-electron chi connectivity index (χ4n) is 1.53. The van der Waals surface area contributed by atoms with Gasteiger partial charge in [-0.3, -0.25) is 4.79 Å². The number of amides is 1. The highest BCUT2D eigenvalue weighted by molar-refractivity contribution is 6.29. The van der Waals surface area contributed by atoms with Crippen LogP contribution >= 0.6 is 11.6 Å². The summed E-state index contributed by atoms with van der Waals surface area (Å²) in [6.07, 6.45) is 0.668. The number of pyridine rings is 1. The van der Waals surface area contributed by atoms with Gasteiger partial charge in [0.05, 0.1) is 7.11 Å². The van der Waals surface area contributed by atoms with E-state index in [4.69, 9.17) is 11.6 Å². The Bertz CT molecular complexity index is 501. The van der Waals surface area contributed by atoms with Crippen molar-refractivity contribution in [3.63, 3.8) is 0 Å². The number of halogens is 1. The van der Waals surface area contributed by atoms with Gasteiger partial charge in [-0.15, -0.1) is 0 Å². The summed E-state index contributed by atoms with van der Waals surface area (Å²) in [4.78, 5) is 27.7. The first-order valence-corrected chi connectivity index (χ1v) is 6.25. The molecule has 19 heavy (non-hydrogen) atoms. The van der Waals surface area contributed by atoms with Crippen molar-refractivity contribution in [2.45, 2.75) is 32.7 Å². The predicted molar refractivity (Wildman–Crippen MR) is 72.2 cm³/mol. The average Bonchev–Trinajstić information content (AvgIpc) is 2.36. The van der Waals surface area contributed by atoms with Crippen molar-refractivity contribution in [3.05, 3.63) is 28.5 Å². The first-order chi connectivity index (χ1) is 8.80. The van der Waals surface area contributed by atoms with Crippen LogP contribution in [0.3, 0.4) is 0 Å². The summed E-state index contributed by atoms with van der Waals surface area (Å²) in [6, 6.07) is 3.11. The molecule has 0 unspecified atom stereocenters. The van der Waals surface area contributed by atoms with E-state index in [1.807, 2.05) is 6.92 Å². The van der Waals surface area contributed by atoms with E-state index in [1.54, 1.807) is 19.9 Å². The molecule has 1 rings (SSSR count). The third-order valence-corrected chi connectivity index (χ3v) is 2.79. The number of rotatable bonds is 4.